The largest absolute Gasteiger partial charge is 0.493 e. The van der Waals surface area contributed by atoms with E-state index in [4.69, 9.17) is 17.0 Å². The van der Waals surface area contributed by atoms with Crippen molar-refractivity contribution >= 4 is 28.9 Å². The Hall–Kier alpha value is -2.40. The molecule has 2 rings (SSSR count). The minimum atomic E-state index is -0.246. The molecule has 0 aliphatic rings. The number of hydrogen-bond acceptors (Lipinski definition) is 3. The highest BCUT2D eigenvalue weighted by Gasteiger charge is 2.12. The summed E-state index contributed by atoms with van der Waals surface area (Å²) in [6.45, 7) is 9.15. The smallest absolute Gasteiger partial charge is 0.257 e. The number of carbonyl (C=O) groups is 1. The lowest BCUT2D eigenvalue weighted by atomic mass is 9.97. The normalized spacial score (nSPS) is 11.7. The number of rotatable bonds is 7. The molecule has 0 radical (unpaired) electrons. The van der Waals surface area contributed by atoms with Crippen molar-refractivity contribution in [3.63, 3.8) is 0 Å². The number of hydrogen-bond donors (Lipinski definition) is 2. The summed E-state index contributed by atoms with van der Waals surface area (Å²) in [5.74, 6) is 1.37. The van der Waals surface area contributed by atoms with Gasteiger partial charge in [-0.3, -0.25) is 10.1 Å². The van der Waals surface area contributed by atoms with Crippen LogP contribution in [0, 0.1) is 5.92 Å². The molecule has 0 bridgehead atoms. The van der Waals surface area contributed by atoms with Gasteiger partial charge in [0.15, 0.2) is 5.11 Å². The average molecular weight is 385 g/mol. The maximum absolute atomic E-state index is 12.4. The molecule has 0 saturated heterocycles. The molecule has 2 aromatic carbocycles. The maximum Gasteiger partial charge on any atom is 0.257 e. The fourth-order valence-corrected chi connectivity index (χ4v) is 2.76. The first-order valence-corrected chi connectivity index (χ1v) is 9.75. The van der Waals surface area contributed by atoms with Crippen LogP contribution >= 0.6 is 12.2 Å². The molecule has 0 heterocycles. The van der Waals surface area contributed by atoms with Crippen LogP contribution in [0.1, 0.15) is 56.0 Å². The minimum Gasteiger partial charge on any atom is -0.493 e. The Bertz CT molecular complexity index is 772. The highest BCUT2D eigenvalue weighted by Crippen LogP contribution is 2.26. The molecule has 2 aromatic rings. The van der Waals surface area contributed by atoms with Gasteiger partial charge in [-0.25, -0.2) is 0 Å². The van der Waals surface area contributed by atoms with Gasteiger partial charge in [-0.2, -0.15) is 0 Å². The molecule has 0 saturated carbocycles. The third-order valence-electron chi connectivity index (χ3n) is 4.28. The molecular formula is C22H28N2O2S. The summed E-state index contributed by atoms with van der Waals surface area (Å²) in [5, 5.41) is 6.17. The molecule has 0 aliphatic carbocycles. The number of benzene rings is 2. The highest BCUT2D eigenvalue weighted by molar-refractivity contribution is 7.80. The lowest BCUT2D eigenvalue weighted by Crippen LogP contribution is -2.34. The van der Waals surface area contributed by atoms with E-state index >= 15 is 0 Å². The first kappa shape index (κ1) is 20.9. The van der Waals surface area contributed by atoms with Crippen LogP contribution in [0.3, 0.4) is 0 Å². The van der Waals surface area contributed by atoms with E-state index in [1.54, 1.807) is 24.3 Å². The zero-order chi connectivity index (χ0) is 19.8. The van der Waals surface area contributed by atoms with E-state index in [0.29, 0.717) is 24.0 Å². The summed E-state index contributed by atoms with van der Waals surface area (Å²) < 4.78 is 5.64. The van der Waals surface area contributed by atoms with E-state index in [2.05, 4.69) is 44.4 Å². The molecule has 0 unspecified atom stereocenters. The van der Waals surface area contributed by atoms with Gasteiger partial charge in [0.1, 0.15) is 5.75 Å². The first-order valence-electron chi connectivity index (χ1n) is 9.34. The van der Waals surface area contributed by atoms with Crippen LogP contribution in [-0.4, -0.2) is 17.6 Å². The molecule has 4 nitrogen and oxygen atoms in total. The SMILES string of the molecule is CC[C@H](C)c1ccccc1NC(=S)NC(=O)c1ccc(OCC(C)C)cc1. The summed E-state index contributed by atoms with van der Waals surface area (Å²) in [5.41, 5.74) is 2.64. The Morgan fingerprint density at radius 2 is 1.74 bits per heavy atom. The Morgan fingerprint density at radius 3 is 2.37 bits per heavy atom. The predicted molar refractivity (Wildman–Crippen MR) is 116 cm³/mol. The van der Waals surface area contributed by atoms with Gasteiger partial charge in [-0.05, 0) is 66.4 Å². The molecule has 27 heavy (non-hydrogen) atoms. The number of ether oxygens (including phenoxy) is 1. The molecule has 5 heteroatoms. The zero-order valence-corrected chi connectivity index (χ0v) is 17.2. The topological polar surface area (TPSA) is 50.4 Å². The van der Waals surface area contributed by atoms with Crippen LogP contribution in [0.2, 0.25) is 0 Å². The van der Waals surface area contributed by atoms with E-state index in [9.17, 15) is 4.79 Å². The van der Waals surface area contributed by atoms with Crippen LogP contribution in [-0.2, 0) is 0 Å². The summed E-state index contributed by atoms with van der Waals surface area (Å²) in [6.07, 6.45) is 1.03. The van der Waals surface area contributed by atoms with Gasteiger partial charge in [0, 0.05) is 11.3 Å². The van der Waals surface area contributed by atoms with Gasteiger partial charge in [0.2, 0.25) is 0 Å². The molecule has 0 fully saturated rings. The second kappa shape index (κ2) is 10.1. The lowest BCUT2D eigenvalue weighted by molar-refractivity contribution is 0.0977. The van der Waals surface area contributed by atoms with Crippen molar-refractivity contribution in [3.8, 4) is 5.75 Å². The van der Waals surface area contributed by atoms with E-state index in [1.807, 2.05) is 18.2 Å². The zero-order valence-electron chi connectivity index (χ0n) is 16.4. The molecule has 1 amide bonds. The van der Waals surface area contributed by atoms with Crippen molar-refractivity contribution < 1.29 is 9.53 Å². The second-order valence-corrected chi connectivity index (χ2v) is 7.44. The fraction of sp³-hybridized carbons (Fsp3) is 0.364. The van der Waals surface area contributed by atoms with Crippen LogP contribution < -0.4 is 15.4 Å². The van der Waals surface area contributed by atoms with Crippen LogP contribution in [0.5, 0.6) is 5.75 Å². The number of para-hydroxylation sites is 1. The molecule has 0 aromatic heterocycles. The molecule has 0 aliphatic heterocycles. The molecular weight excluding hydrogens is 356 g/mol. The maximum atomic E-state index is 12.4. The number of nitrogens with one attached hydrogen (secondary N) is 2. The number of anilines is 1. The van der Waals surface area contributed by atoms with Gasteiger partial charge in [0.05, 0.1) is 6.61 Å². The average Bonchev–Trinajstić information content (AvgIpc) is 2.66. The quantitative estimate of drug-likeness (QED) is 0.631. The molecule has 0 spiro atoms. The van der Waals surface area contributed by atoms with Gasteiger partial charge < -0.3 is 10.1 Å². The standard InChI is InChI=1S/C22H28N2O2S/c1-5-16(4)19-8-6-7-9-20(19)23-22(27)24-21(25)17-10-12-18(13-11-17)26-14-15(2)3/h6-13,15-16H,5,14H2,1-4H3,(H2,23,24,25,27)/t16-/m0/s1. The van der Waals surface area contributed by atoms with E-state index in [0.717, 1.165) is 17.9 Å². The van der Waals surface area contributed by atoms with Crippen molar-refractivity contribution in [2.24, 2.45) is 5.92 Å². The summed E-state index contributed by atoms with van der Waals surface area (Å²) >= 11 is 5.32. The van der Waals surface area contributed by atoms with Crippen molar-refractivity contribution in [1.82, 2.24) is 5.32 Å². The van der Waals surface area contributed by atoms with Crippen LogP contribution in [0.25, 0.3) is 0 Å². The fourth-order valence-electron chi connectivity index (χ4n) is 2.55. The Morgan fingerprint density at radius 1 is 1.07 bits per heavy atom. The van der Waals surface area contributed by atoms with Crippen molar-refractivity contribution in [2.45, 2.75) is 40.0 Å². The van der Waals surface area contributed by atoms with Gasteiger partial charge in [-0.15, -0.1) is 0 Å². The lowest BCUT2D eigenvalue weighted by Gasteiger charge is -2.17. The summed E-state index contributed by atoms with van der Waals surface area (Å²) in [6, 6.07) is 15.1. The van der Waals surface area contributed by atoms with Gasteiger partial charge in [-0.1, -0.05) is 45.9 Å². The minimum absolute atomic E-state index is 0.246. The summed E-state index contributed by atoms with van der Waals surface area (Å²) in [7, 11) is 0. The third kappa shape index (κ3) is 6.36. The van der Waals surface area contributed by atoms with Gasteiger partial charge >= 0.3 is 0 Å². The van der Waals surface area contributed by atoms with E-state index in [1.165, 1.54) is 5.56 Å². The van der Waals surface area contributed by atoms with E-state index < -0.39 is 0 Å². The number of thiocarbonyl (C=S) groups is 1. The molecule has 1 atom stereocenters. The van der Waals surface area contributed by atoms with Crippen molar-refractivity contribution in [3.05, 3.63) is 59.7 Å². The van der Waals surface area contributed by atoms with Gasteiger partial charge in [0.25, 0.3) is 5.91 Å². The monoisotopic (exact) mass is 384 g/mol. The van der Waals surface area contributed by atoms with Crippen molar-refractivity contribution in [1.29, 1.82) is 0 Å². The molecule has 2 N–H and O–H groups in total. The van der Waals surface area contributed by atoms with Crippen LogP contribution in [0.4, 0.5) is 5.69 Å². The Labute approximate surface area is 167 Å². The number of carbonyl (C=O) groups excluding carboxylic acids is 1. The van der Waals surface area contributed by atoms with E-state index in [-0.39, 0.29) is 11.0 Å². The van der Waals surface area contributed by atoms with Crippen molar-refractivity contribution in [2.75, 3.05) is 11.9 Å². The van der Waals surface area contributed by atoms with Crippen LogP contribution in [0.15, 0.2) is 48.5 Å². The Balaban J connectivity index is 1.97. The second-order valence-electron chi connectivity index (χ2n) is 7.03. The Kier molecular flexibility index (Phi) is 7.80. The number of amides is 1. The summed E-state index contributed by atoms with van der Waals surface area (Å²) in [4.78, 5) is 12.4. The predicted octanol–water partition coefficient (Wildman–Crippen LogP) is 5.36. The highest BCUT2D eigenvalue weighted by atomic mass is 32.1. The third-order valence-corrected chi connectivity index (χ3v) is 4.48. The first-order chi connectivity index (χ1) is 12.9. The molecule has 144 valence electrons.